The number of aromatic nitrogens is 2. The predicted molar refractivity (Wildman–Crippen MR) is 106 cm³/mol. The Morgan fingerprint density at radius 3 is 2.30 bits per heavy atom. The Morgan fingerprint density at radius 1 is 0.852 bits per heavy atom. The Balaban J connectivity index is 1.92. The molecule has 0 N–H and O–H groups in total. The van der Waals surface area contributed by atoms with Crippen LogP contribution in [0.25, 0.3) is 33.2 Å². The summed E-state index contributed by atoms with van der Waals surface area (Å²) in [6, 6.07) is 19.7. The van der Waals surface area contributed by atoms with Gasteiger partial charge in [-0.2, -0.15) is 5.26 Å². The van der Waals surface area contributed by atoms with Crippen LogP contribution in [0.4, 0.5) is 0 Å². The number of rotatable bonds is 3. The number of pyridine rings is 2. The second-order valence-electron chi connectivity index (χ2n) is 6.28. The fraction of sp³-hybridized carbons (Fsp3) is 0.0870. The molecule has 27 heavy (non-hydrogen) atoms. The van der Waals surface area contributed by atoms with Crippen molar-refractivity contribution in [3.8, 4) is 34.1 Å². The van der Waals surface area contributed by atoms with Gasteiger partial charge >= 0.3 is 0 Å². The largest absolute Gasteiger partial charge is 0.495 e. The summed E-state index contributed by atoms with van der Waals surface area (Å²) in [6.07, 6.45) is 3.67. The van der Waals surface area contributed by atoms with E-state index in [0.717, 1.165) is 44.6 Å². The van der Waals surface area contributed by atoms with Gasteiger partial charge in [-0.25, -0.2) is 0 Å². The summed E-state index contributed by atoms with van der Waals surface area (Å²) in [5.41, 5.74) is 6.36. The van der Waals surface area contributed by atoms with Crippen molar-refractivity contribution in [2.45, 2.75) is 6.92 Å². The smallest absolute Gasteiger partial charge is 0.137 e. The molecule has 0 aliphatic carbocycles. The van der Waals surface area contributed by atoms with E-state index in [-0.39, 0.29) is 0 Å². The Morgan fingerprint density at radius 2 is 1.63 bits per heavy atom. The fourth-order valence-electron chi connectivity index (χ4n) is 3.21. The number of ether oxygens (including phenoxy) is 1. The third-order valence-electron chi connectivity index (χ3n) is 4.60. The van der Waals surface area contributed by atoms with E-state index >= 15 is 0 Å². The van der Waals surface area contributed by atoms with E-state index in [4.69, 9.17) is 15.0 Å². The molecule has 0 radical (unpaired) electrons. The van der Waals surface area contributed by atoms with Crippen LogP contribution in [-0.2, 0) is 0 Å². The molecule has 0 saturated carbocycles. The first-order valence-corrected chi connectivity index (χ1v) is 8.60. The van der Waals surface area contributed by atoms with Crippen molar-refractivity contribution in [3.63, 3.8) is 0 Å². The average molecular weight is 351 g/mol. The molecular formula is C23H17N3O. The number of fused-ring (bicyclic) bond motifs is 1. The summed E-state index contributed by atoms with van der Waals surface area (Å²) in [5.74, 6) is 0.779. The maximum absolute atomic E-state index is 9.01. The summed E-state index contributed by atoms with van der Waals surface area (Å²) >= 11 is 0. The van der Waals surface area contributed by atoms with Crippen LogP contribution in [0.5, 0.6) is 5.75 Å². The number of methoxy groups -OCH3 is 1. The molecule has 0 amide bonds. The van der Waals surface area contributed by atoms with Gasteiger partial charge in [-0.1, -0.05) is 30.3 Å². The maximum atomic E-state index is 9.01. The van der Waals surface area contributed by atoms with E-state index in [1.54, 1.807) is 7.11 Å². The summed E-state index contributed by atoms with van der Waals surface area (Å²) < 4.78 is 5.76. The molecule has 4 heteroatoms. The van der Waals surface area contributed by atoms with Gasteiger partial charge in [-0.05, 0) is 36.8 Å². The van der Waals surface area contributed by atoms with Crippen molar-refractivity contribution >= 4 is 10.9 Å². The zero-order valence-corrected chi connectivity index (χ0v) is 15.1. The van der Waals surface area contributed by atoms with Crippen LogP contribution in [0.2, 0.25) is 0 Å². The SMILES string of the molecule is COc1c(-c2ccc(C)nc2)cnc2c(-c3ccc(C#N)cc3)cccc12. The normalized spacial score (nSPS) is 10.6. The van der Waals surface area contributed by atoms with Crippen molar-refractivity contribution in [1.82, 2.24) is 9.97 Å². The third kappa shape index (κ3) is 3.00. The van der Waals surface area contributed by atoms with E-state index < -0.39 is 0 Å². The molecule has 0 unspecified atom stereocenters. The molecule has 4 nitrogen and oxygen atoms in total. The van der Waals surface area contributed by atoms with Crippen LogP contribution >= 0.6 is 0 Å². The fourth-order valence-corrected chi connectivity index (χ4v) is 3.21. The minimum absolute atomic E-state index is 0.638. The molecule has 0 atom stereocenters. The zero-order valence-electron chi connectivity index (χ0n) is 15.1. The minimum atomic E-state index is 0.638. The molecule has 0 saturated heterocycles. The maximum Gasteiger partial charge on any atom is 0.137 e. The quantitative estimate of drug-likeness (QED) is 0.512. The molecule has 2 aromatic carbocycles. The van der Waals surface area contributed by atoms with Gasteiger partial charge in [-0.3, -0.25) is 9.97 Å². The van der Waals surface area contributed by atoms with Gasteiger partial charge in [0, 0.05) is 40.2 Å². The summed E-state index contributed by atoms with van der Waals surface area (Å²) in [6.45, 7) is 1.96. The first-order valence-electron chi connectivity index (χ1n) is 8.60. The highest BCUT2D eigenvalue weighted by atomic mass is 16.5. The van der Waals surface area contributed by atoms with Gasteiger partial charge in [0.25, 0.3) is 0 Å². The van der Waals surface area contributed by atoms with Crippen LogP contribution in [0.3, 0.4) is 0 Å². The molecular weight excluding hydrogens is 334 g/mol. The van der Waals surface area contributed by atoms with Crippen LogP contribution in [0, 0.1) is 18.3 Å². The number of hydrogen-bond donors (Lipinski definition) is 0. The van der Waals surface area contributed by atoms with E-state index in [1.165, 1.54) is 0 Å². The second kappa shape index (κ2) is 6.89. The molecule has 0 aliphatic rings. The van der Waals surface area contributed by atoms with Gasteiger partial charge in [0.15, 0.2) is 0 Å². The monoisotopic (exact) mass is 351 g/mol. The second-order valence-corrected chi connectivity index (χ2v) is 6.28. The van der Waals surface area contributed by atoms with E-state index in [9.17, 15) is 0 Å². The lowest BCUT2D eigenvalue weighted by molar-refractivity contribution is 0.421. The topological polar surface area (TPSA) is 58.8 Å². The van der Waals surface area contributed by atoms with Crippen molar-refractivity contribution < 1.29 is 4.74 Å². The number of aryl methyl sites for hydroxylation is 1. The first-order chi connectivity index (χ1) is 13.2. The summed E-state index contributed by atoms with van der Waals surface area (Å²) in [7, 11) is 1.67. The van der Waals surface area contributed by atoms with Crippen LogP contribution in [-0.4, -0.2) is 17.1 Å². The van der Waals surface area contributed by atoms with Crippen LogP contribution in [0.15, 0.2) is 67.0 Å². The average Bonchev–Trinajstić information content (AvgIpc) is 2.73. The standard InChI is InChI=1S/C23H17N3O/c1-15-6-9-18(13-25-15)21-14-26-22-19(4-3-5-20(22)23(21)27-2)17-10-7-16(12-24)8-11-17/h3-11,13-14H,1-2H3. The number of nitriles is 1. The number of para-hydroxylation sites is 1. The van der Waals surface area contributed by atoms with E-state index in [0.29, 0.717) is 5.56 Å². The number of hydrogen-bond acceptors (Lipinski definition) is 4. The van der Waals surface area contributed by atoms with Gasteiger partial charge in [0.1, 0.15) is 5.75 Å². The third-order valence-corrected chi connectivity index (χ3v) is 4.60. The van der Waals surface area contributed by atoms with E-state index in [2.05, 4.69) is 11.1 Å². The predicted octanol–water partition coefficient (Wildman–Crippen LogP) is 5.15. The number of benzene rings is 2. The highest BCUT2D eigenvalue weighted by Crippen LogP contribution is 2.38. The Hall–Kier alpha value is -3.71. The van der Waals surface area contributed by atoms with Crippen molar-refractivity contribution in [3.05, 3.63) is 78.2 Å². The Labute approximate surface area is 157 Å². The van der Waals surface area contributed by atoms with Gasteiger partial charge < -0.3 is 4.74 Å². The lowest BCUT2D eigenvalue weighted by Gasteiger charge is -2.14. The lowest BCUT2D eigenvalue weighted by atomic mass is 9.98. The van der Waals surface area contributed by atoms with Crippen molar-refractivity contribution in [2.75, 3.05) is 7.11 Å². The van der Waals surface area contributed by atoms with Crippen molar-refractivity contribution in [1.29, 1.82) is 5.26 Å². The van der Waals surface area contributed by atoms with Crippen LogP contribution in [0.1, 0.15) is 11.3 Å². The Kier molecular flexibility index (Phi) is 4.27. The molecule has 4 aromatic rings. The van der Waals surface area contributed by atoms with Gasteiger partial charge in [-0.15, -0.1) is 0 Å². The molecule has 2 aromatic heterocycles. The Bertz CT molecular complexity index is 1160. The summed E-state index contributed by atoms with van der Waals surface area (Å²) in [4.78, 5) is 9.12. The highest BCUT2D eigenvalue weighted by molar-refractivity contribution is 6.00. The number of nitrogens with zero attached hydrogens (tertiary/aromatic N) is 3. The highest BCUT2D eigenvalue weighted by Gasteiger charge is 2.14. The van der Waals surface area contributed by atoms with E-state index in [1.807, 2.05) is 73.9 Å². The molecule has 130 valence electrons. The minimum Gasteiger partial charge on any atom is -0.495 e. The lowest BCUT2D eigenvalue weighted by Crippen LogP contribution is -1.94. The van der Waals surface area contributed by atoms with Crippen LogP contribution < -0.4 is 4.74 Å². The molecule has 4 rings (SSSR count). The molecule has 0 bridgehead atoms. The zero-order chi connectivity index (χ0) is 18.8. The van der Waals surface area contributed by atoms with Gasteiger partial charge in [0.05, 0.1) is 24.3 Å². The molecule has 0 aliphatic heterocycles. The van der Waals surface area contributed by atoms with Crippen molar-refractivity contribution in [2.24, 2.45) is 0 Å². The summed E-state index contributed by atoms with van der Waals surface area (Å²) in [5, 5.41) is 9.95. The molecule has 0 fully saturated rings. The first kappa shape index (κ1) is 16.7. The molecule has 0 spiro atoms. The molecule has 2 heterocycles. The van der Waals surface area contributed by atoms with Gasteiger partial charge in [0.2, 0.25) is 0 Å².